The molecule has 5 heteroatoms. The van der Waals surface area contributed by atoms with E-state index >= 15 is 0 Å². The van der Waals surface area contributed by atoms with Gasteiger partial charge in [0.1, 0.15) is 0 Å². The number of hydrogen-bond donors (Lipinski definition) is 1. The van der Waals surface area contributed by atoms with Crippen LogP contribution in [0.1, 0.15) is 0 Å². The van der Waals surface area contributed by atoms with Crippen LogP contribution in [-0.4, -0.2) is 44.5 Å². The van der Waals surface area contributed by atoms with Crippen LogP contribution in [0.4, 0.5) is 0 Å². The Kier molecular flexibility index (Phi) is 3.01. The minimum absolute atomic E-state index is 0. The van der Waals surface area contributed by atoms with Crippen LogP contribution in [0.15, 0.2) is 6.33 Å². The van der Waals surface area contributed by atoms with E-state index in [1.807, 2.05) is 0 Å². The summed E-state index contributed by atoms with van der Waals surface area (Å²) in [5.74, 6) is 0. The summed E-state index contributed by atoms with van der Waals surface area (Å²) < 4.78 is 0. The molecule has 0 saturated carbocycles. The van der Waals surface area contributed by atoms with Crippen molar-refractivity contribution in [2.24, 2.45) is 0 Å². The molecule has 6 heavy (non-hydrogen) atoms. The van der Waals surface area contributed by atoms with E-state index in [-0.39, 0.29) is 23.9 Å². The van der Waals surface area contributed by atoms with Crippen LogP contribution in [0, 0.1) is 0 Å². The van der Waals surface area contributed by atoms with Crippen LogP contribution in [0.25, 0.3) is 0 Å². The first-order valence-corrected chi connectivity index (χ1v) is 1.16. The molecular formula is CH2N4Sn. The predicted molar refractivity (Wildman–Crippen MR) is 19.9 cm³/mol. The van der Waals surface area contributed by atoms with Crippen molar-refractivity contribution in [1.82, 2.24) is 20.6 Å². The Hall–Kier alpha value is -0.131. The Bertz CT molecular complexity index is 64.0. The van der Waals surface area contributed by atoms with Crippen LogP contribution >= 0.6 is 0 Å². The normalized spacial score (nSPS) is 6.67. The van der Waals surface area contributed by atoms with E-state index < -0.39 is 0 Å². The van der Waals surface area contributed by atoms with E-state index in [1.54, 1.807) is 0 Å². The molecule has 4 radical (unpaired) electrons. The van der Waals surface area contributed by atoms with Gasteiger partial charge in [0.25, 0.3) is 0 Å². The fourth-order valence-corrected chi connectivity index (χ4v) is 0.129. The van der Waals surface area contributed by atoms with Crippen LogP contribution in [-0.2, 0) is 0 Å². The Labute approximate surface area is 51.3 Å². The van der Waals surface area contributed by atoms with E-state index in [9.17, 15) is 0 Å². The number of nitrogens with zero attached hydrogens (tertiary/aromatic N) is 3. The first-order chi connectivity index (χ1) is 2.50. The van der Waals surface area contributed by atoms with Crippen molar-refractivity contribution >= 4 is 23.9 Å². The molecule has 0 unspecified atom stereocenters. The monoisotopic (exact) mass is 190 g/mol. The minimum Gasteiger partial charge on any atom is -0.177 e. The largest absolute Gasteiger partial charge is 0.177 e. The number of tetrazole rings is 1. The smallest absolute Gasteiger partial charge is 0.161 e. The van der Waals surface area contributed by atoms with Gasteiger partial charge in [-0.1, -0.05) is 5.21 Å². The van der Waals surface area contributed by atoms with Crippen molar-refractivity contribution in [3.8, 4) is 0 Å². The average molecular weight is 189 g/mol. The van der Waals surface area contributed by atoms with Gasteiger partial charge in [-0.05, 0) is 0 Å². The van der Waals surface area contributed by atoms with Crippen molar-refractivity contribution < 1.29 is 0 Å². The molecule has 30 valence electrons. The zero-order valence-corrected chi connectivity index (χ0v) is 5.77. The molecule has 0 aliphatic rings. The summed E-state index contributed by atoms with van der Waals surface area (Å²) in [7, 11) is 0. The summed E-state index contributed by atoms with van der Waals surface area (Å²) >= 11 is 0. The predicted octanol–water partition coefficient (Wildman–Crippen LogP) is -1.18. The summed E-state index contributed by atoms with van der Waals surface area (Å²) in [6, 6.07) is 0. The minimum atomic E-state index is 0. The number of aromatic nitrogens is 4. The van der Waals surface area contributed by atoms with Gasteiger partial charge >= 0.3 is 0 Å². The van der Waals surface area contributed by atoms with Gasteiger partial charge in [-0.25, -0.2) is 0 Å². The number of nitrogens with one attached hydrogen (secondary N) is 1. The Balaban J connectivity index is 0.000000250. The Morgan fingerprint density at radius 1 is 1.50 bits per heavy atom. The van der Waals surface area contributed by atoms with Gasteiger partial charge in [0.15, 0.2) is 6.33 Å². The molecule has 0 bridgehead atoms. The molecule has 0 aromatic carbocycles. The maximum Gasteiger partial charge on any atom is 0.161 e. The van der Waals surface area contributed by atoms with Gasteiger partial charge in [0, 0.05) is 23.9 Å². The molecule has 0 aliphatic heterocycles. The third-order valence-corrected chi connectivity index (χ3v) is 0.270. The van der Waals surface area contributed by atoms with Crippen LogP contribution in [0.5, 0.6) is 0 Å². The van der Waals surface area contributed by atoms with Gasteiger partial charge < -0.3 is 0 Å². The summed E-state index contributed by atoms with van der Waals surface area (Å²) in [6.07, 6.45) is 1.33. The fourth-order valence-electron chi connectivity index (χ4n) is 0.129. The Morgan fingerprint density at radius 3 is 2.50 bits per heavy atom. The molecule has 1 aromatic heterocycles. The summed E-state index contributed by atoms with van der Waals surface area (Å²) in [5.41, 5.74) is 0. The molecule has 0 atom stereocenters. The van der Waals surface area contributed by atoms with Gasteiger partial charge in [0.05, 0.1) is 0 Å². The van der Waals surface area contributed by atoms with Crippen molar-refractivity contribution in [3.63, 3.8) is 0 Å². The van der Waals surface area contributed by atoms with E-state index in [2.05, 4.69) is 20.6 Å². The maximum atomic E-state index is 3.38. The molecule has 0 amide bonds. The molecule has 0 spiro atoms. The SMILES string of the molecule is [Sn].c1nn[nH]n1. The first-order valence-electron chi connectivity index (χ1n) is 1.16. The fraction of sp³-hybridized carbons (Fsp3) is 0. The second-order valence-corrected chi connectivity index (χ2v) is 0.560. The van der Waals surface area contributed by atoms with Crippen molar-refractivity contribution in [1.29, 1.82) is 0 Å². The molecule has 1 aromatic rings. The topological polar surface area (TPSA) is 54.5 Å². The number of rotatable bonds is 0. The molecule has 0 fully saturated rings. The average Bonchev–Trinajstić information content (AvgIpc) is 1.76. The van der Waals surface area contributed by atoms with Gasteiger partial charge in [0.2, 0.25) is 0 Å². The Morgan fingerprint density at radius 2 is 2.33 bits per heavy atom. The standard InChI is InChI=1S/CH2N4.Sn/c1-2-4-5-3-1;/h1H,(H,2,3,4,5);. The van der Waals surface area contributed by atoms with E-state index in [0.717, 1.165) is 0 Å². The second kappa shape index (κ2) is 3.07. The van der Waals surface area contributed by atoms with Crippen molar-refractivity contribution in [2.75, 3.05) is 0 Å². The van der Waals surface area contributed by atoms with Crippen LogP contribution in [0.3, 0.4) is 0 Å². The third-order valence-electron chi connectivity index (χ3n) is 0.270. The van der Waals surface area contributed by atoms with E-state index in [4.69, 9.17) is 0 Å². The van der Waals surface area contributed by atoms with Gasteiger partial charge in [-0.2, -0.15) is 5.21 Å². The quantitative estimate of drug-likeness (QED) is 0.522. The summed E-state index contributed by atoms with van der Waals surface area (Å²) in [4.78, 5) is 0. The van der Waals surface area contributed by atoms with E-state index in [1.165, 1.54) is 6.33 Å². The zero-order valence-electron chi connectivity index (χ0n) is 2.92. The number of aromatic amines is 1. The molecule has 0 aliphatic carbocycles. The molecule has 0 saturated heterocycles. The zero-order chi connectivity index (χ0) is 3.54. The van der Waals surface area contributed by atoms with Crippen LogP contribution in [0.2, 0.25) is 0 Å². The third kappa shape index (κ3) is 1.34. The van der Waals surface area contributed by atoms with Crippen LogP contribution < -0.4 is 0 Å². The van der Waals surface area contributed by atoms with Crippen molar-refractivity contribution in [3.05, 3.63) is 6.33 Å². The molecule has 1 rings (SSSR count). The molecule has 4 nitrogen and oxygen atoms in total. The maximum absolute atomic E-state index is 3.38. The number of hydrogen-bond acceptors (Lipinski definition) is 3. The molecule has 1 N–H and O–H groups in total. The summed E-state index contributed by atoms with van der Waals surface area (Å²) in [5, 5.41) is 12.2. The van der Waals surface area contributed by atoms with Crippen molar-refractivity contribution in [2.45, 2.75) is 0 Å². The van der Waals surface area contributed by atoms with E-state index in [0.29, 0.717) is 0 Å². The number of H-pyrrole nitrogens is 1. The van der Waals surface area contributed by atoms with Gasteiger partial charge in [-0.3, -0.25) is 0 Å². The summed E-state index contributed by atoms with van der Waals surface area (Å²) in [6.45, 7) is 0. The first kappa shape index (κ1) is 5.87. The molecule has 1 heterocycles. The van der Waals surface area contributed by atoms with Gasteiger partial charge in [-0.15, -0.1) is 10.2 Å². The molecular weight excluding hydrogens is 187 g/mol. The second-order valence-electron chi connectivity index (χ2n) is 0.560.